The second kappa shape index (κ2) is 17.9. The number of hydrogen-bond donors (Lipinski definition) is 1. The summed E-state index contributed by atoms with van der Waals surface area (Å²) in [5.74, 6) is 1.93. The van der Waals surface area contributed by atoms with Crippen LogP contribution in [0.2, 0.25) is 0 Å². The minimum absolute atomic E-state index is 0.164. The summed E-state index contributed by atoms with van der Waals surface area (Å²) in [5, 5.41) is 10.2. The van der Waals surface area contributed by atoms with Crippen LogP contribution >= 0.6 is 0 Å². The normalized spacial score (nSPS) is 13.7. The van der Waals surface area contributed by atoms with Crippen molar-refractivity contribution in [2.75, 3.05) is 56.6 Å². The Hall–Kier alpha value is -4.33. The number of fused-ring (bicyclic) bond motifs is 3. The van der Waals surface area contributed by atoms with Crippen molar-refractivity contribution in [1.29, 1.82) is 5.26 Å². The fourth-order valence-electron chi connectivity index (χ4n) is 6.66. The minimum atomic E-state index is 0.164. The largest absolute Gasteiger partial charge is 0.382 e. The quantitative estimate of drug-likeness (QED) is 0.115. The van der Waals surface area contributed by atoms with Gasteiger partial charge in [-0.2, -0.15) is 5.26 Å². The number of piperazine rings is 1. The van der Waals surface area contributed by atoms with Crippen LogP contribution in [-0.2, 0) is 33.7 Å². The molecule has 0 aliphatic carbocycles. The highest BCUT2D eigenvalue weighted by Gasteiger charge is 2.21. The number of hydrogen-bond acceptors (Lipinski definition) is 9. The minimum Gasteiger partial charge on any atom is -0.382 e. The van der Waals surface area contributed by atoms with Gasteiger partial charge in [-0.1, -0.05) is 38.3 Å². The molecule has 260 valence electrons. The highest BCUT2D eigenvalue weighted by Crippen LogP contribution is 2.33. The Morgan fingerprint density at radius 3 is 2.53 bits per heavy atom. The molecule has 1 aliphatic rings. The summed E-state index contributed by atoms with van der Waals surface area (Å²) in [4.78, 5) is 38.4. The highest BCUT2D eigenvalue weighted by molar-refractivity contribution is 6.07. The molecule has 0 bridgehead atoms. The number of aryl methyl sites for hydroxylation is 2. The molecule has 2 aromatic heterocycles. The Balaban J connectivity index is 1.22. The van der Waals surface area contributed by atoms with E-state index in [-0.39, 0.29) is 11.6 Å². The standard InChI is InChI=1S/C39H51N7O3/c1-3-4-13-36-43-37-38(46(36)17-8-6-5-7-12-33(48)26-30-10-9-11-31(25-30)28-40)34-27-32(14-15-35(34)42-39(37)41)45-20-18-44(19-21-45)22-24-49-23-16-29(2)47/h9-11,14-15,25,27H,3-8,12-13,16-24,26H2,1-2H3,(H2,41,42). The molecular weight excluding hydrogens is 614 g/mol. The van der Waals surface area contributed by atoms with Crippen molar-refractivity contribution in [3.8, 4) is 6.07 Å². The molecule has 3 heterocycles. The molecule has 0 saturated carbocycles. The first kappa shape index (κ1) is 36.0. The smallest absolute Gasteiger partial charge is 0.152 e. The van der Waals surface area contributed by atoms with E-state index < -0.39 is 0 Å². The van der Waals surface area contributed by atoms with E-state index in [9.17, 15) is 9.59 Å². The van der Waals surface area contributed by atoms with Gasteiger partial charge in [0.1, 0.15) is 22.9 Å². The lowest BCUT2D eigenvalue weighted by Gasteiger charge is -2.36. The Morgan fingerprint density at radius 2 is 1.76 bits per heavy atom. The predicted octanol–water partition coefficient (Wildman–Crippen LogP) is 6.26. The molecular formula is C39H51N7O3. The summed E-state index contributed by atoms with van der Waals surface area (Å²) in [7, 11) is 0. The molecule has 49 heavy (non-hydrogen) atoms. The number of rotatable bonds is 19. The average molecular weight is 666 g/mol. The zero-order valence-corrected chi connectivity index (χ0v) is 29.3. The summed E-state index contributed by atoms with van der Waals surface area (Å²) < 4.78 is 8.04. The van der Waals surface area contributed by atoms with Crippen molar-refractivity contribution >= 4 is 45.0 Å². The Labute approximate surface area is 290 Å². The Morgan fingerprint density at radius 1 is 0.939 bits per heavy atom. The van der Waals surface area contributed by atoms with Gasteiger partial charge >= 0.3 is 0 Å². The first-order chi connectivity index (χ1) is 23.9. The van der Waals surface area contributed by atoms with Gasteiger partial charge in [-0.15, -0.1) is 0 Å². The number of ketones is 2. The molecule has 1 fully saturated rings. The molecule has 0 radical (unpaired) electrons. The van der Waals surface area contributed by atoms with Gasteiger partial charge in [-0.3, -0.25) is 14.5 Å². The lowest BCUT2D eigenvalue weighted by atomic mass is 10.0. The fraction of sp³-hybridized carbons (Fsp3) is 0.513. The number of aromatic nitrogens is 3. The second-order valence-corrected chi connectivity index (χ2v) is 13.3. The van der Waals surface area contributed by atoms with Crippen LogP contribution in [0.25, 0.3) is 21.9 Å². The number of benzene rings is 2. The van der Waals surface area contributed by atoms with Crippen molar-refractivity contribution in [1.82, 2.24) is 19.4 Å². The van der Waals surface area contributed by atoms with E-state index in [0.29, 0.717) is 43.9 Å². The van der Waals surface area contributed by atoms with Gasteiger partial charge < -0.3 is 19.9 Å². The van der Waals surface area contributed by atoms with Crippen molar-refractivity contribution in [3.63, 3.8) is 0 Å². The maximum Gasteiger partial charge on any atom is 0.152 e. The first-order valence-electron chi connectivity index (χ1n) is 18.0. The maximum atomic E-state index is 12.6. The fourth-order valence-corrected chi connectivity index (χ4v) is 6.66. The van der Waals surface area contributed by atoms with Crippen LogP contribution < -0.4 is 10.6 Å². The summed E-state index contributed by atoms with van der Waals surface area (Å²) >= 11 is 0. The predicted molar refractivity (Wildman–Crippen MR) is 196 cm³/mol. The summed E-state index contributed by atoms with van der Waals surface area (Å²) in [6.45, 7) is 10.5. The SMILES string of the molecule is CCCCc1nc2c(N)nc3ccc(N4CCN(CCOCCC(C)=O)CC4)cc3c2n1CCCCCCC(=O)Cc1cccc(C#N)c1. The summed E-state index contributed by atoms with van der Waals surface area (Å²) in [5.41, 5.74) is 12.0. The van der Waals surface area contributed by atoms with Crippen molar-refractivity contribution < 1.29 is 14.3 Å². The zero-order chi connectivity index (χ0) is 34.6. The number of pyridine rings is 1. The van der Waals surface area contributed by atoms with Gasteiger partial charge in [0.25, 0.3) is 0 Å². The number of nitriles is 1. The van der Waals surface area contributed by atoms with Crippen molar-refractivity contribution in [2.45, 2.75) is 84.6 Å². The lowest BCUT2D eigenvalue weighted by Crippen LogP contribution is -2.47. The number of nitrogens with zero attached hydrogens (tertiary/aromatic N) is 6. The third-order valence-corrected chi connectivity index (χ3v) is 9.45. The van der Waals surface area contributed by atoms with E-state index in [0.717, 1.165) is 118 Å². The zero-order valence-electron chi connectivity index (χ0n) is 29.3. The third-order valence-electron chi connectivity index (χ3n) is 9.45. The molecule has 1 saturated heterocycles. The van der Waals surface area contributed by atoms with E-state index >= 15 is 0 Å². The number of imidazole rings is 1. The number of nitrogens with two attached hydrogens (primary N) is 1. The number of unbranched alkanes of at least 4 members (excludes halogenated alkanes) is 4. The molecule has 10 nitrogen and oxygen atoms in total. The van der Waals surface area contributed by atoms with Crippen LogP contribution in [0.4, 0.5) is 11.5 Å². The molecule has 2 N–H and O–H groups in total. The molecule has 0 spiro atoms. The Bertz CT molecular complexity index is 1770. The number of anilines is 2. The van der Waals surface area contributed by atoms with Crippen LogP contribution in [0, 0.1) is 11.3 Å². The molecule has 10 heteroatoms. The second-order valence-electron chi connectivity index (χ2n) is 13.3. The topological polar surface area (TPSA) is 130 Å². The van der Waals surface area contributed by atoms with E-state index in [2.05, 4.69) is 45.6 Å². The third kappa shape index (κ3) is 9.87. The average Bonchev–Trinajstić information content (AvgIpc) is 3.47. The monoisotopic (exact) mass is 665 g/mol. The van der Waals surface area contributed by atoms with E-state index in [1.54, 1.807) is 19.1 Å². The van der Waals surface area contributed by atoms with E-state index in [1.165, 1.54) is 5.69 Å². The molecule has 0 amide bonds. The van der Waals surface area contributed by atoms with E-state index in [1.807, 2.05) is 12.1 Å². The number of carbonyl (C=O) groups excluding carboxylic acids is 2. The van der Waals surface area contributed by atoms with Crippen molar-refractivity contribution in [2.24, 2.45) is 0 Å². The van der Waals surface area contributed by atoms with Crippen molar-refractivity contribution in [3.05, 3.63) is 59.4 Å². The molecule has 2 aromatic carbocycles. The van der Waals surface area contributed by atoms with Gasteiger partial charge in [-0.25, -0.2) is 9.97 Å². The molecule has 1 aliphatic heterocycles. The Kier molecular flexibility index (Phi) is 13.1. The van der Waals surface area contributed by atoms with Gasteiger partial charge in [0, 0.05) is 76.0 Å². The molecule has 0 unspecified atom stereocenters. The van der Waals surface area contributed by atoms with Gasteiger partial charge in [0.05, 0.1) is 35.9 Å². The first-order valence-corrected chi connectivity index (χ1v) is 18.0. The maximum absolute atomic E-state index is 12.6. The molecule has 5 rings (SSSR count). The van der Waals surface area contributed by atoms with Crippen LogP contribution in [0.3, 0.4) is 0 Å². The van der Waals surface area contributed by atoms with Gasteiger partial charge in [0.2, 0.25) is 0 Å². The molecule has 4 aromatic rings. The lowest BCUT2D eigenvalue weighted by molar-refractivity contribution is -0.119. The number of nitrogen functional groups attached to an aromatic ring is 1. The number of ether oxygens (including phenoxy) is 1. The number of Topliss-reactive ketones (excluding diaryl/α,β-unsaturated/α-hetero) is 2. The van der Waals surface area contributed by atoms with Gasteiger partial charge in [-0.05, 0) is 62.1 Å². The molecule has 0 atom stereocenters. The number of carbonyl (C=O) groups is 2. The van der Waals surface area contributed by atoms with Crippen LogP contribution in [0.1, 0.15) is 82.2 Å². The summed E-state index contributed by atoms with van der Waals surface area (Å²) in [6.07, 6.45) is 8.35. The van der Waals surface area contributed by atoms with Crippen LogP contribution in [-0.4, -0.2) is 76.9 Å². The summed E-state index contributed by atoms with van der Waals surface area (Å²) in [6, 6.07) is 16.0. The van der Waals surface area contributed by atoms with E-state index in [4.69, 9.17) is 25.7 Å². The van der Waals surface area contributed by atoms with Gasteiger partial charge in [0.15, 0.2) is 5.82 Å². The highest BCUT2D eigenvalue weighted by atomic mass is 16.5. The van der Waals surface area contributed by atoms with Crippen LogP contribution in [0.5, 0.6) is 0 Å². The van der Waals surface area contributed by atoms with Crippen LogP contribution in [0.15, 0.2) is 42.5 Å².